The zero-order valence-electron chi connectivity index (χ0n) is 15.3. The van der Waals surface area contributed by atoms with Gasteiger partial charge in [0.1, 0.15) is 0 Å². The number of rotatable bonds is 6. The van der Waals surface area contributed by atoms with Gasteiger partial charge in [0, 0.05) is 30.8 Å². The van der Waals surface area contributed by atoms with Crippen LogP contribution in [0, 0.1) is 0 Å². The molecule has 0 saturated carbocycles. The van der Waals surface area contributed by atoms with Crippen LogP contribution in [0.2, 0.25) is 0 Å². The standard InChI is InChI=1S/C21H25N3O2/c1-23(2)15-19(16-8-4-3-5-9-16)22-21(26)17-10-6-11-18(14-17)24-13-7-12-20(24)25/h3-6,8-11,14,19H,7,12-13,15H2,1-2H3,(H,22,26). The lowest BCUT2D eigenvalue weighted by Crippen LogP contribution is -2.35. The number of nitrogens with one attached hydrogen (secondary N) is 1. The quantitative estimate of drug-likeness (QED) is 0.871. The van der Waals surface area contributed by atoms with Crippen molar-refractivity contribution in [3.05, 3.63) is 65.7 Å². The number of carbonyl (C=O) groups excluding carboxylic acids is 2. The predicted octanol–water partition coefficient (Wildman–Crippen LogP) is 2.85. The number of carbonyl (C=O) groups is 2. The van der Waals surface area contributed by atoms with Gasteiger partial charge in [0.05, 0.1) is 6.04 Å². The second-order valence-electron chi connectivity index (χ2n) is 6.90. The third-order valence-electron chi connectivity index (χ3n) is 4.55. The van der Waals surface area contributed by atoms with E-state index >= 15 is 0 Å². The summed E-state index contributed by atoms with van der Waals surface area (Å²) in [5, 5.41) is 3.13. The van der Waals surface area contributed by atoms with E-state index in [2.05, 4.69) is 10.2 Å². The Morgan fingerprint density at radius 2 is 1.92 bits per heavy atom. The first kappa shape index (κ1) is 18.1. The number of amides is 2. The van der Waals surface area contributed by atoms with Crippen molar-refractivity contribution < 1.29 is 9.59 Å². The summed E-state index contributed by atoms with van der Waals surface area (Å²) in [6, 6.07) is 17.2. The Balaban J connectivity index is 1.78. The molecule has 2 amide bonds. The van der Waals surface area contributed by atoms with E-state index in [1.165, 1.54) is 0 Å². The minimum atomic E-state index is -0.130. The normalized spacial score (nSPS) is 15.3. The van der Waals surface area contributed by atoms with Crippen LogP contribution >= 0.6 is 0 Å². The van der Waals surface area contributed by atoms with Crippen molar-refractivity contribution in [3.8, 4) is 0 Å². The summed E-state index contributed by atoms with van der Waals surface area (Å²) in [7, 11) is 3.98. The van der Waals surface area contributed by atoms with Crippen LogP contribution in [0.1, 0.15) is 34.8 Å². The molecule has 1 fully saturated rings. The topological polar surface area (TPSA) is 52.7 Å². The van der Waals surface area contributed by atoms with Gasteiger partial charge in [-0.1, -0.05) is 36.4 Å². The first-order chi connectivity index (χ1) is 12.5. The Bertz CT molecular complexity index is 774. The number of hydrogen-bond acceptors (Lipinski definition) is 3. The van der Waals surface area contributed by atoms with Gasteiger partial charge in [-0.3, -0.25) is 9.59 Å². The number of anilines is 1. The minimum Gasteiger partial charge on any atom is -0.344 e. The molecule has 0 spiro atoms. The van der Waals surface area contributed by atoms with Crippen LogP contribution in [0.4, 0.5) is 5.69 Å². The molecule has 1 aliphatic heterocycles. The monoisotopic (exact) mass is 351 g/mol. The predicted molar refractivity (Wildman–Crippen MR) is 103 cm³/mol. The van der Waals surface area contributed by atoms with Crippen LogP contribution < -0.4 is 10.2 Å². The summed E-state index contributed by atoms with van der Waals surface area (Å²) in [6.45, 7) is 1.43. The fourth-order valence-electron chi connectivity index (χ4n) is 3.26. The summed E-state index contributed by atoms with van der Waals surface area (Å²) < 4.78 is 0. The van der Waals surface area contributed by atoms with Crippen LogP contribution in [0.3, 0.4) is 0 Å². The fourth-order valence-corrected chi connectivity index (χ4v) is 3.26. The molecule has 2 aromatic rings. The second kappa shape index (κ2) is 8.15. The zero-order chi connectivity index (χ0) is 18.5. The van der Waals surface area contributed by atoms with Crippen molar-refractivity contribution in [1.29, 1.82) is 0 Å². The Morgan fingerprint density at radius 1 is 1.15 bits per heavy atom. The summed E-state index contributed by atoms with van der Waals surface area (Å²) in [5.41, 5.74) is 2.44. The first-order valence-electron chi connectivity index (χ1n) is 8.95. The zero-order valence-corrected chi connectivity index (χ0v) is 15.3. The molecule has 1 atom stereocenters. The van der Waals surface area contributed by atoms with E-state index in [4.69, 9.17) is 0 Å². The van der Waals surface area contributed by atoms with Gasteiger partial charge in [0.2, 0.25) is 5.91 Å². The van der Waals surface area contributed by atoms with Gasteiger partial charge in [-0.25, -0.2) is 0 Å². The summed E-state index contributed by atoms with van der Waals surface area (Å²) >= 11 is 0. The molecule has 1 aliphatic rings. The van der Waals surface area contributed by atoms with E-state index in [0.29, 0.717) is 18.5 Å². The molecular weight excluding hydrogens is 326 g/mol. The molecule has 5 heteroatoms. The molecule has 0 radical (unpaired) electrons. The highest BCUT2D eigenvalue weighted by atomic mass is 16.2. The highest BCUT2D eigenvalue weighted by Gasteiger charge is 2.23. The lowest BCUT2D eigenvalue weighted by Gasteiger charge is -2.23. The van der Waals surface area contributed by atoms with E-state index in [1.807, 2.05) is 56.6 Å². The molecule has 0 aromatic heterocycles. The van der Waals surface area contributed by atoms with Crippen molar-refractivity contribution in [1.82, 2.24) is 10.2 Å². The first-order valence-corrected chi connectivity index (χ1v) is 8.95. The summed E-state index contributed by atoms with van der Waals surface area (Å²) in [4.78, 5) is 28.6. The third kappa shape index (κ3) is 4.29. The second-order valence-corrected chi connectivity index (χ2v) is 6.90. The van der Waals surface area contributed by atoms with Crippen molar-refractivity contribution >= 4 is 17.5 Å². The van der Waals surface area contributed by atoms with E-state index in [-0.39, 0.29) is 17.9 Å². The van der Waals surface area contributed by atoms with Crippen molar-refractivity contribution in [2.45, 2.75) is 18.9 Å². The molecule has 2 aromatic carbocycles. The van der Waals surface area contributed by atoms with Crippen LogP contribution in [0.5, 0.6) is 0 Å². The average Bonchev–Trinajstić information content (AvgIpc) is 3.07. The van der Waals surface area contributed by atoms with Gasteiger partial charge in [0.25, 0.3) is 5.91 Å². The summed E-state index contributed by atoms with van der Waals surface area (Å²) in [5.74, 6) is -0.00785. The smallest absolute Gasteiger partial charge is 0.251 e. The SMILES string of the molecule is CN(C)CC(NC(=O)c1cccc(N2CCCC2=O)c1)c1ccccc1. The van der Waals surface area contributed by atoms with E-state index in [9.17, 15) is 9.59 Å². The van der Waals surface area contributed by atoms with Gasteiger partial charge in [-0.05, 0) is 44.3 Å². The van der Waals surface area contributed by atoms with Crippen molar-refractivity contribution in [3.63, 3.8) is 0 Å². The number of benzene rings is 2. The van der Waals surface area contributed by atoms with Gasteiger partial charge in [-0.2, -0.15) is 0 Å². The highest BCUT2D eigenvalue weighted by Crippen LogP contribution is 2.23. The molecule has 136 valence electrons. The Labute approximate surface area is 154 Å². The molecule has 0 bridgehead atoms. The van der Waals surface area contributed by atoms with Gasteiger partial charge in [0.15, 0.2) is 0 Å². The third-order valence-corrected chi connectivity index (χ3v) is 4.55. The van der Waals surface area contributed by atoms with Crippen LogP contribution in [-0.2, 0) is 4.79 Å². The maximum atomic E-state index is 12.8. The van der Waals surface area contributed by atoms with Gasteiger partial charge >= 0.3 is 0 Å². The Kier molecular flexibility index (Phi) is 5.68. The fraction of sp³-hybridized carbons (Fsp3) is 0.333. The largest absolute Gasteiger partial charge is 0.344 e. The van der Waals surface area contributed by atoms with E-state index in [0.717, 1.165) is 24.2 Å². The van der Waals surface area contributed by atoms with E-state index in [1.54, 1.807) is 17.0 Å². The van der Waals surface area contributed by atoms with Crippen molar-refractivity contribution in [2.75, 3.05) is 32.1 Å². The van der Waals surface area contributed by atoms with Gasteiger partial charge < -0.3 is 15.1 Å². The molecule has 1 saturated heterocycles. The molecule has 1 N–H and O–H groups in total. The molecular formula is C21H25N3O2. The van der Waals surface area contributed by atoms with Crippen LogP contribution in [0.15, 0.2) is 54.6 Å². The average molecular weight is 351 g/mol. The molecule has 1 heterocycles. The Morgan fingerprint density at radius 3 is 2.58 bits per heavy atom. The van der Waals surface area contributed by atoms with Crippen LogP contribution in [-0.4, -0.2) is 43.9 Å². The highest BCUT2D eigenvalue weighted by molar-refractivity contribution is 5.99. The molecule has 5 nitrogen and oxygen atoms in total. The Hall–Kier alpha value is -2.66. The number of nitrogens with zero attached hydrogens (tertiary/aromatic N) is 2. The maximum Gasteiger partial charge on any atom is 0.251 e. The lowest BCUT2D eigenvalue weighted by molar-refractivity contribution is -0.117. The van der Waals surface area contributed by atoms with E-state index < -0.39 is 0 Å². The lowest BCUT2D eigenvalue weighted by atomic mass is 10.1. The molecule has 0 aliphatic carbocycles. The molecule has 3 rings (SSSR count). The summed E-state index contributed by atoms with van der Waals surface area (Å²) in [6.07, 6.45) is 1.45. The minimum absolute atomic E-state index is 0.101. The number of hydrogen-bond donors (Lipinski definition) is 1. The van der Waals surface area contributed by atoms with Crippen molar-refractivity contribution in [2.24, 2.45) is 0 Å². The maximum absolute atomic E-state index is 12.8. The van der Waals surface area contributed by atoms with Gasteiger partial charge in [-0.15, -0.1) is 0 Å². The molecule has 26 heavy (non-hydrogen) atoms. The van der Waals surface area contributed by atoms with Crippen LogP contribution in [0.25, 0.3) is 0 Å². The number of likely N-dealkylation sites (N-methyl/N-ethyl adjacent to an activating group) is 1. The molecule has 1 unspecified atom stereocenters.